The molecule has 0 saturated heterocycles. The summed E-state index contributed by atoms with van der Waals surface area (Å²) in [5.41, 5.74) is 3.96. The van der Waals surface area contributed by atoms with E-state index in [1.807, 2.05) is 21.0 Å². The van der Waals surface area contributed by atoms with Crippen LogP contribution in [-0.2, 0) is 0 Å². The molecule has 0 fully saturated rings. The first-order valence-corrected chi connectivity index (χ1v) is 9.19. The molecule has 142 valence electrons. The fraction of sp³-hybridized carbons (Fsp3) is 0.619. The molecule has 0 bridgehead atoms. The second-order valence-corrected chi connectivity index (χ2v) is 7.20. The first kappa shape index (κ1) is 23.3. The quantitative estimate of drug-likeness (QED) is 0.183. The first-order chi connectivity index (χ1) is 11.7. The van der Waals surface area contributed by atoms with Gasteiger partial charge in [-0.05, 0) is 32.9 Å². The topological polar surface area (TPSA) is 59.9 Å². The predicted molar refractivity (Wildman–Crippen MR) is 112 cm³/mol. The van der Waals surface area contributed by atoms with Crippen LogP contribution in [0.25, 0.3) is 0 Å². The monoisotopic (exact) mass is 347 g/mol. The van der Waals surface area contributed by atoms with E-state index in [4.69, 9.17) is 5.41 Å². The van der Waals surface area contributed by atoms with E-state index in [1.54, 1.807) is 0 Å². The van der Waals surface area contributed by atoms with Gasteiger partial charge >= 0.3 is 0 Å². The summed E-state index contributed by atoms with van der Waals surface area (Å²) in [6, 6.07) is 0. The summed E-state index contributed by atoms with van der Waals surface area (Å²) in [5, 5.41) is 17.7. The van der Waals surface area contributed by atoms with Gasteiger partial charge in [-0.15, -0.1) is 0 Å². The standard InChI is InChI=1S/C21H39N4/c1-10-16(5)20(18(7)23-8)13-15(4)12-19(11-14(2)3)25-21(24-9)17(6)22/h12-13,16,20-25H,7,10-11H2,1-6,8-9H3/q+1/b15-13?,19-12+,22-17?. The maximum Gasteiger partial charge on any atom is 0.129 e. The van der Waals surface area contributed by atoms with Crippen molar-refractivity contribution in [1.29, 1.82) is 5.41 Å². The van der Waals surface area contributed by atoms with Crippen LogP contribution in [0.1, 0.15) is 54.4 Å². The third-order valence-corrected chi connectivity index (χ3v) is 4.42. The van der Waals surface area contributed by atoms with Crippen molar-refractivity contribution in [1.82, 2.24) is 16.0 Å². The molecule has 4 N–H and O–H groups in total. The largest absolute Gasteiger partial charge is 0.391 e. The summed E-state index contributed by atoms with van der Waals surface area (Å²) in [6.45, 7) is 16.9. The molecule has 4 heteroatoms. The lowest BCUT2D eigenvalue weighted by Gasteiger charge is -2.23. The number of nitrogens with one attached hydrogen (secondary N) is 4. The van der Waals surface area contributed by atoms with Gasteiger partial charge in [0.25, 0.3) is 0 Å². The average Bonchev–Trinajstić information content (AvgIpc) is 2.54. The zero-order valence-electron chi connectivity index (χ0n) is 17.5. The van der Waals surface area contributed by atoms with E-state index >= 15 is 0 Å². The summed E-state index contributed by atoms with van der Waals surface area (Å²) in [6.07, 6.45) is 6.33. The molecule has 0 aromatic heterocycles. The van der Waals surface area contributed by atoms with Crippen molar-refractivity contribution in [3.05, 3.63) is 41.6 Å². The highest BCUT2D eigenvalue weighted by Gasteiger charge is 2.18. The summed E-state index contributed by atoms with van der Waals surface area (Å²) in [7, 11) is 3.80. The summed E-state index contributed by atoms with van der Waals surface area (Å²) < 4.78 is 0. The fourth-order valence-corrected chi connectivity index (χ4v) is 2.74. The molecule has 0 radical (unpaired) electrons. The first-order valence-electron chi connectivity index (χ1n) is 9.19. The van der Waals surface area contributed by atoms with Crippen molar-refractivity contribution in [2.45, 2.75) is 60.5 Å². The molecule has 0 rings (SSSR count). The molecule has 0 aromatic rings. The molecule has 0 aliphatic carbocycles. The van der Waals surface area contributed by atoms with Gasteiger partial charge in [-0.2, -0.15) is 0 Å². The molecular weight excluding hydrogens is 308 g/mol. The maximum absolute atomic E-state index is 7.89. The van der Waals surface area contributed by atoms with Gasteiger partial charge in [-0.3, -0.25) is 5.32 Å². The lowest BCUT2D eigenvalue weighted by Crippen LogP contribution is -2.44. The Kier molecular flexibility index (Phi) is 11.0. The molecule has 0 aromatic carbocycles. The molecule has 0 saturated carbocycles. The van der Waals surface area contributed by atoms with E-state index in [-0.39, 0.29) is 6.17 Å². The normalized spacial score (nSPS) is 16.0. The third kappa shape index (κ3) is 8.82. The van der Waals surface area contributed by atoms with Crippen molar-refractivity contribution in [3.63, 3.8) is 0 Å². The van der Waals surface area contributed by atoms with Gasteiger partial charge in [0.2, 0.25) is 0 Å². The Bertz CT molecular complexity index is 488. The van der Waals surface area contributed by atoms with E-state index in [0.717, 1.165) is 24.2 Å². The minimum Gasteiger partial charge on any atom is -0.391 e. The number of rotatable bonds is 12. The second-order valence-electron chi connectivity index (χ2n) is 7.20. The lowest BCUT2D eigenvalue weighted by atomic mass is 9.87. The minimum atomic E-state index is -0.143. The van der Waals surface area contributed by atoms with E-state index in [1.165, 1.54) is 11.5 Å². The molecule has 25 heavy (non-hydrogen) atoms. The Balaban J connectivity index is 5.55. The molecule has 0 aliphatic heterocycles. The third-order valence-electron chi connectivity index (χ3n) is 4.42. The average molecular weight is 348 g/mol. The van der Waals surface area contributed by atoms with Crippen molar-refractivity contribution in [2.75, 3.05) is 14.1 Å². The molecule has 0 aliphatic rings. The van der Waals surface area contributed by atoms with Crippen molar-refractivity contribution in [2.24, 2.45) is 11.8 Å². The van der Waals surface area contributed by atoms with Crippen LogP contribution in [0.4, 0.5) is 0 Å². The van der Waals surface area contributed by atoms with Crippen LogP contribution in [0.2, 0.25) is 0 Å². The van der Waals surface area contributed by atoms with Crippen LogP contribution in [0.3, 0.4) is 0 Å². The van der Waals surface area contributed by atoms with Crippen molar-refractivity contribution < 1.29 is 0 Å². The molecule has 0 amide bonds. The Hall–Kier alpha value is -1.68. The molecular formula is C21H39N4+. The molecule has 3 unspecified atom stereocenters. The number of hydrogen-bond acceptors (Lipinski definition) is 4. The maximum atomic E-state index is 7.89. The molecule has 3 atom stereocenters. The minimum absolute atomic E-state index is 0.143. The van der Waals surface area contributed by atoms with Gasteiger partial charge in [0, 0.05) is 24.4 Å². The van der Waals surface area contributed by atoms with Crippen molar-refractivity contribution >= 4 is 5.71 Å². The number of allylic oxidation sites excluding steroid dienone is 4. The lowest BCUT2D eigenvalue weighted by molar-refractivity contribution is 0.449. The van der Waals surface area contributed by atoms with Crippen LogP contribution in [-0.4, -0.2) is 26.0 Å². The predicted octanol–water partition coefficient (Wildman–Crippen LogP) is 4.39. The Morgan fingerprint density at radius 2 is 1.84 bits per heavy atom. The van der Waals surface area contributed by atoms with Crippen LogP contribution >= 0.6 is 0 Å². The van der Waals surface area contributed by atoms with Crippen LogP contribution < -0.4 is 16.0 Å². The Labute approximate surface area is 155 Å². The van der Waals surface area contributed by atoms with Gasteiger partial charge in [-0.1, -0.05) is 38.5 Å². The van der Waals surface area contributed by atoms with E-state index < -0.39 is 0 Å². The smallest absolute Gasteiger partial charge is 0.129 e. The summed E-state index contributed by atoms with van der Waals surface area (Å²) in [4.78, 5) is 0. The van der Waals surface area contributed by atoms with Gasteiger partial charge in [0.05, 0.1) is 25.5 Å². The molecule has 4 nitrogen and oxygen atoms in total. The SMILES string of the molecule is C=C(NC)C(C=C(C)/C=C(\C[C+](C)C)NC(NC)C(C)=N)C(C)CC. The molecule has 0 heterocycles. The van der Waals surface area contributed by atoms with E-state index in [2.05, 4.69) is 69.3 Å². The van der Waals surface area contributed by atoms with Crippen LogP contribution in [0.15, 0.2) is 35.7 Å². The van der Waals surface area contributed by atoms with Crippen LogP contribution in [0.5, 0.6) is 0 Å². The highest BCUT2D eigenvalue weighted by atomic mass is 15.1. The van der Waals surface area contributed by atoms with Gasteiger partial charge in [0.15, 0.2) is 0 Å². The zero-order chi connectivity index (χ0) is 19.6. The van der Waals surface area contributed by atoms with Crippen LogP contribution in [0, 0.1) is 23.2 Å². The zero-order valence-corrected chi connectivity index (χ0v) is 17.5. The van der Waals surface area contributed by atoms with Gasteiger partial charge < -0.3 is 16.0 Å². The fourth-order valence-electron chi connectivity index (χ4n) is 2.74. The van der Waals surface area contributed by atoms with Gasteiger partial charge in [-0.25, -0.2) is 0 Å². The van der Waals surface area contributed by atoms with E-state index in [9.17, 15) is 0 Å². The second kappa shape index (κ2) is 11.8. The van der Waals surface area contributed by atoms with Crippen molar-refractivity contribution in [3.8, 4) is 0 Å². The highest BCUT2D eigenvalue weighted by molar-refractivity contribution is 5.84. The summed E-state index contributed by atoms with van der Waals surface area (Å²) >= 11 is 0. The van der Waals surface area contributed by atoms with Gasteiger partial charge in [0.1, 0.15) is 12.6 Å². The summed E-state index contributed by atoms with van der Waals surface area (Å²) in [5.74, 6) is 2.18. The number of hydrogen-bond donors (Lipinski definition) is 4. The Morgan fingerprint density at radius 1 is 1.24 bits per heavy atom. The Morgan fingerprint density at radius 3 is 2.24 bits per heavy atom. The van der Waals surface area contributed by atoms with E-state index in [0.29, 0.717) is 17.5 Å². The highest BCUT2D eigenvalue weighted by Crippen LogP contribution is 2.24. The molecule has 0 spiro atoms.